The molecule has 1 rings (SSSR count). The summed E-state index contributed by atoms with van der Waals surface area (Å²) in [6.45, 7) is 5.90. The lowest BCUT2D eigenvalue weighted by Crippen LogP contribution is -2.33. The average Bonchev–Trinajstić information content (AvgIpc) is 2.52. The fourth-order valence-electron chi connectivity index (χ4n) is 2.05. The van der Waals surface area contributed by atoms with Gasteiger partial charge in [-0.1, -0.05) is 18.6 Å². The lowest BCUT2D eigenvalue weighted by Gasteiger charge is -2.19. The third-order valence-corrected chi connectivity index (χ3v) is 4.67. The molecule has 0 aliphatic carbocycles. The van der Waals surface area contributed by atoms with Gasteiger partial charge < -0.3 is 10.1 Å². The highest BCUT2D eigenvalue weighted by Crippen LogP contribution is 2.22. The normalized spacial score (nSPS) is 11.8. The van der Waals surface area contributed by atoms with Gasteiger partial charge in [0, 0.05) is 19.2 Å². The number of carbonyl (C=O) groups excluding carboxylic acids is 1. The zero-order valence-electron chi connectivity index (χ0n) is 15.1. The molecule has 2 N–H and O–H groups in total. The van der Waals surface area contributed by atoms with Gasteiger partial charge in [0.25, 0.3) is 5.69 Å². The van der Waals surface area contributed by atoms with Crippen molar-refractivity contribution in [3.8, 4) is 0 Å². The van der Waals surface area contributed by atoms with Gasteiger partial charge in [-0.05, 0) is 39.7 Å². The first-order valence-corrected chi connectivity index (χ1v) is 9.71. The van der Waals surface area contributed by atoms with Crippen molar-refractivity contribution < 1.29 is 22.9 Å². The number of para-hydroxylation sites is 1. The van der Waals surface area contributed by atoms with E-state index in [1.165, 1.54) is 18.2 Å². The largest absolute Gasteiger partial charge is 0.444 e. The van der Waals surface area contributed by atoms with Crippen LogP contribution in [0.1, 0.15) is 40.0 Å². The number of nitro benzene ring substituents is 1. The number of carbonyl (C=O) groups is 1. The van der Waals surface area contributed by atoms with Crippen molar-refractivity contribution in [2.75, 3.05) is 13.1 Å². The summed E-state index contributed by atoms with van der Waals surface area (Å²) in [7, 11) is -3.94. The number of rotatable bonds is 9. The Balaban J connectivity index is 2.34. The van der Waals surface area contributed by atoms with Gasteiger partial charge in [-0.15, -0.1) is 0 Å². The first kappa shape index (κ1) is 21.8. The molecule has 0 aliphatic rings. The van der Waals surface area contributed by atoms with Gasteiger partial charge in [0.2, 0.25) is 10.0 Å². The Morgan fingerprint density at radius 3 is 2.38 bits per heavy atom. The summed E-state index contributed by atoms with van der Waals surface area (Å²) in [5.41, 5.74) is -1.01. The number of sulfonamides is 1. The van der Waals surface area contributed by atoms with Crippen LogP contribution in [0.4, 0.5) is 10.5 Å². The number of alkyl carbamates (subject to hydrolysis) is 1. The van der Waals surface area contributed by atoms with Crippen molar-refractivity contribution in [2.24, 2.45) is 0 Å². The molecule has 26 heavy (non-hydrogen) atoms. The van der Waals surface area contributed by atoms with Crippen LogP contribution in [-0.2, 0) is 14.8 Å². The number of nitrogens with zero attached hydrogens (tertiary/aromatic N) is 1. The summed E-state index contributed by atoms with van der Waals surface area (Å²) in [5.74, 6) is 0. The topological polar surface area (TPSA) is 128 Å². The highest BCUT2D eigenvalue weighted by Gasteiger charge is 2.24. The zero-order chi connectivity index (χ0) is 19.8. The molecular weight excluding hydrogens is 362 g/mol. The van der Waals surface area contributed by atoms with Crippen LogP contribution in [0.25, 0.3) is 0 Å². The first-order chi connectivity index (χ1) is 12.0. The second-order valence-electron chi connectivity index (χ2n) is 6.61. The van der Waals surface area contributed by atoms with Crippen molar-refractivity contribution in [1.82, 2.24) is 10.0 Å². The summed E-state index contributed by atoms with van der Waals surface area (Å²) in [4.78, 5) is 21.3. The van der Waals surface area contributed by atoms with Crippen LogP contribution in [0.3, 0.4) is 0 Å². The highest BCUT2D eigenvalue weighted by atomic mass is 32.2. The zero-order valence-corrected chi connectivity index (χ0v) is 16.0. The standard InChI is InChI=1S/C16H25N3O6S/c1-16(2,3)25-15(20)17-11-7-4-8-12-18-26(23,24)14-10-6-5-9-13(14)19(21)22/h5-6,9-10,18H,4,7-8,11-12H2,1-3H3,(H,17,20). The van der Waals surface area contributed by atoms with E-state index in [0.29, 0.717) is 25.8 Å². The predicted molar refractivity (Wildman–Crippen MR) is 96.4 cm³/mol. The van der Waals surface area contributed by atoms with E-state index in [4.69, 9.17) is 4.74 Å². The summed E-state index contributed by atoms with van der Waals surface area (Å²) >= 11 is 0. The molecule has 1 aromatic carbocycles. The maximum Gasteiger partial charge on any atom is 0.407 e. The second-order valence-corrected chi connectivity index (χ2v) is 8.35. The van der Waals surface area contributed by atoms with Gasteiger partial charge in [-0.3, -0.25) is 10.1 Å². The van der Waals surface area contributed by atoms with Gasteiger partial charge in [-0.2, -0.15) is 0 Å². The summed E-state index contributed by atoms with van der Waals surface area (Å²) in [6.07, 6.45) is 1.38. The lowest BCUT2D eigenvalue weighted by molar-refractivity contribution is -0.387. The molecule has 0 radical (unpaired) electrons. The minimum atomic E-state index is -3.94. The van der Waals surface area contributed by atoms with E-state index < -0.39 is 32.3 Å². The van der Waals surface area contributed by atoms with Crippen LogP contribution in [0.15, 0.2) is 29.2 Å². The second kappa shape index (κ2) is 9.48. The van der Waals surface area contributed by atoms with E-state index in [-0.39, 0.29) is 11.4 Å². The molecule has 1 amide bonds. The molecule has 0 fully saturated rings. The number of unbranched alkanes of at least 4 members (excludes halogenated alkanes) is 2. The minimum absolute atomic E-state index is 0.154. The van der Waals surface area contributed by atoms with Crippen molar-refractivity contribution >= 4 is 21.8 Å². The number of amides is 1. The SMILES string of the molecule is CC(C)(C)OC(=O)NCCCCCNS(=O)(=O)c1ccccc1[N+](=O)[O-]. The molecule has 0 saturated carbocycles. The van der Waals surface area contributed by atoms with Crippen LogP contribution in [-0.4, -0.2) is 38.1 Å². The number of benzene rings is 1. The molecule has 10 heteroatoms. The van der Waals surface area contributed by atoms with Crippen LogP contribution < -0.4 is 10.0 Å². The van der Waals surface area contributed by atoms with E-state index in [2.05, 4.69) is 10.0 Å². The molecule has 0 unspecified atom stereocenters. The van der Waals surface area contributed by atoms with Gasteiger partial charge in [0.15, 0.2) is 4.90 Å². The smallest absolute Gasteiger partial charge is 0.407 e. The molecule has 0 spiro atoms. The molecule has 0 heterocycles. The van der Waals surface area contributed by atoms with Crippen LogP contribution in [0.5, 0.6) is 0 Å². The first-order valence-electron chi connectivity index (χ1n) is 8.23. The monoisotopic (exact) mass is 387 g/mol. The molecule has 0 bridgehead atoms. The van der Waals surface area contributed by atoms with Crippen LogP contribution in [0.2, 0.25) is 0 Å². The minimum Gasteiger partial charge on any atom is -0.444 e. The van der Waals surface area contributed by atoms with Gasteiger partial charge >= 0.3 is 6.09 Å². The Morgan fingerprint density at radius 1 is 1.15 bits per heavy atom. The number of nitro groups is 1. The van der Waals surface area contributed by atoms with Gasteiger partial charge in [0.05, 0.1) is 4.92 Å². The molecule has 146 valence electrons. The Labute approximate surface area is 153 Å². The molecule has 0 atom stereocenters. The Morgan fingerprint density at radius 2 is 1.77 bits per heavy atom. The van der Waals surface area contributed by atoms with Gasteiger partial charge in [-0.25, -0.2) is 17.9 Å². The van der Waals surface area contributed by atoms with E-state index in [1.807, 2.05) is 0 Å². The maximum absolute atomic E-state index is 12.2. The van der Waals surface area contributed by atoms with E-state index in [0.717, 1.165) is 6.07 Å². The lowest BCUT2D eigenvalue weighted by atomic mass is 10.2. The number of ether oxygens (including phenoxy) is 1. The number of nitrogens with one attached hydrogen (secondary N) is 2. The van der Waals surface area contributed by atoms with Crippen molar-refractivity contribution in [3.05, 3.63) is 34.4 Å². The van der Waals surface area contributed by atoms with Crippen molar-refractivity contribution in [3.63, 3.8) is 0 Å². The fraction of sp³-hybridized carbons (Fsp3) is 0.562. The van der Waals surface area contributed by atoms with Crippen molar-refractivity contribution in [2.45, 2.75) is 50.5 Å². The third-order valence-electron chi connectivity index (χ3n) is 3.17. The van der Waals surface area contributed by atoms with Gasteiger partial charge in [0.1, 0.15) is 5.60 Å². The van der Waals surface area contributed by atoms with E-state index in [1.54, 1.807) is 20.8 Å². The third kappa shape index (κ3) is 7.79. The quantitative estimate of drug-likeness (QED) is 0.381. The van der Waals surface area contributed by atoms with E-state index in [9.17, 15) is 23.3 Å². The Bertz CT molecular complexity index is 728. The Hall–Kier alpha value is -2.20. The highest BCUT2D eigenvalue weighted by molar-refractivity contribution is 7.89. The summed E-state index contributed by atoms with van der Waals surface area (Å²) < 4.78 is 31.8. The number of hydrogen-bond acceptors (Lipinski definition) is 6. The molecule has 0 aliphatic heterocycles. The predicted octanol–water partition coefficient (Wildman–Crippen LogP) is 2.57. The van der Waals surface area contributed by atoms with Crippen molar-refractivity contribution in [1.29, 1.82) is 0 Å². The molecule has 0 saturated heterocycles. The molecule has 9 nitrogen and oxygen atoms in total. The van der Waals surface area contributed by atoms with E-state index >= 15 is 0 Å². The molecular formula is C16H25N3O6S. The fourth-order valence-corrected chi connectivity index (χ4v) is 3.30. The molecule has 1 aromatic rings. The molecule has 0 aromatic heterocycles. The summed E-state index contributed by atoms with van der Waals surface area (Å²) in [5, 5.41) is 13.5. The summed E-state index contributed by atoms with van der Waals surface area (Å²) in [6, 6.07) is 5.20. The van der Waals surface area contributed by atoms with Crippen LogP contribution >= 0.6 is 0 Å². The maximum atomic E-state index is 12.2. The number of hydrogen-bond donors (Lipinski definition) is 2. The average molecular weight is 387 g/mol. The van der Waals surface area contributed by atoms with Crippen LogP contribution in [0, 0.1) is 10.1 Å². The Kier molecular flexibility index (Phi) is 7.97.